The van der Waals surface area contributed by atoms with Crippen LogP contribution in [-0.2, 0) is 4.79 Å². The zero-order chi connectivity index (χ0) is 15.6. The van der Waals surface area contributed by atoms with Crippen LogP contribution in [-0.4, -0.2) is 28.1 Å². The quantitative estimate of drug-likeness (QED) is 0.551. The van der Waals surface area contributed by atoms with Crippen molar-refractivity contribution in [1.82, 2.24) is 5.32 Å². The van der Waals surface area contributed by atoms with Gasteiger partial charge in [0.1, 0.15) is 6.04 Å². The molecule has 8 nitrogen and oxygen atoms in total. The van der Waals surface area contributed by atoms with E-state index in [0.29, 0.717) is 4.47 Å². The highest BCUT2D eigenvalue weighted by atomic mass is 79.9. The van der Waals surface area contributed by atoms with Crippen molar-refractivity contribution >= 4 is 39.3 Å². The Morgan fingerprint density at radius 2 is 2.10 bits per heavy atom. The van der Waals surface area contributed by atoms with Gasteiger partial charge in [-0.3, -0.25) is 10.1 Å². The average Bonchev–Trinajstić information content (AvgIpc) is 3.22. The van der Waals surface area contributed by atoms with Crippen LogP contribution < -0.4 is 10.6 Å². The summed E-state index contributed by atoms with van der Waals surface area (Å²) in [6.45, 7) is 0. The summed E-state index contributed by atoms with van der Waals surface area (Å²) in [4.78, 5) is 33.0. The van der Waals surface area contributed by atoms with Crippen LogP contribution in [0.25, 0.3) is 0 Å². The second-order valence-corrected chi connectivity index (χ2v) is 5.53. The van der Waals surface area contributed by atoms with Crippen LogP contribution in [0.1, 0.15) is 12.8 Å². The Balaban J connectivity index is 2.04. The topological polar surface area (TPSA) is 122 Å². The number of hydrogen-bond acceptors (Lipinski definition) is 4. The predicted molar refractivity (Wildman–Crippen MR) is 77.1 cm³/mol. The summed E-state index contributed by atoms with van der Waals surface area (Å²) in [5.41, 5.74) is 0.0205. The summed E-state index contributed by atoms with van der Waals surface area (Å²) < 4.78 is 0.292. The number of nitro benzene ring substituents is 1. The zero-order valence-electron chi connectivity index (χ0n) is 10.7. The average molecular weight is 358 g/mol. The van der Waals surface area contributed by atoms with E-state index in [1.807, 2.05) is 0 Å². The largest absolute Gasteiger partial charge is 0.480 e. The number of hydrogen-bond donors (Lipinski definition) is 3. The number of carbonyl (C=O) groups excluding carboxylic acids is 1. The molecule has 0 heterocycles. The molecule has 0 radical (unpaired) electrons. The fourth-order valence-electron chi connectivity index (χ4n) is 1.85. The van der Waals surface area contributed by atoms with E-state index in [-0.39, 0.29) is 17.3 Å². The molecule has 0 aliphatic heterocycles. The molecule has 1 aliphatic rings. The molecule has 0 aromatic heterocycles. The van der Waals surface area contributed by atoms with Gasteiger partial charge in [0.25, 0.3) is 5.69 Å². The molecule has 1 aromatic carbocycles. The van der Waals surface area contributed by atoms with Crippen molar-refractivity contribution in [2.75, 3.05) is 5.32 Å². The summed E-state index contributed by atoms with van der Waals surface area (Å²) >= 11 is 3.04. The number of halogens is 1. The second-order valence-electron chi connectivity index (χ2n) is 4.68. The standard InChI is InChI=1S/C12H12BrN3O5/c13-8-4-3-7(5-9(8)16(20)21)14-12(19)15-10(11(17)18)6-1-2-6/h3-6,10H,1-2H2,(H,17,18)(H2,14,15,19). The Morgan fingerprint density at radius 3 is 2.62 bits per heavy atom. The van der Waals surface area contributed by atoms with Crippen molar-refractivity contribution in [2.24, 2.45) is 5.92 Å². The lowest BCUT2D eigenvalue weighted by molar-refractivity contribution is -0.385. The molecule has 1 unspecified atom stereocenters. The molecule has 9 heteroatoms. The van der Waals surface area contributed by atoms with Crippen LogP contribution in [0.5, 0.6) is 0 Å². The van der Waals surface area contributed by atoms with Crippen molar-refractivity contribution in [2.45, 2.75) is 18.9 Å². The Morgan fingerprint density at radius 1 is 1.43 bits per heavy atom. The number of benzene rings is 1. The van der Waals surface area contributed by atoms with Gasteiger partial charge in [-0.05, 0) is 46.8 Å². The van der Waals surface area contributed by atoms with Crippen molar-refractivity contribution in [3.05, 3.63) is 32.8 Å². The van der Waals surface area contributed by atoms with Gasteiger partial charge in [-0.1, -0.05) is 0 Å². The first-order valence-electron chi connectivity index (χ1n) is 6.12. The third-order valence-electron chi connectivity index (χ3n) is 3.05. The summed E-state index contributed by atoms with van der Waals surface area (Å²) in [5, 5.41) is 24.6. The number of aliphatic carboxylic acids is 1. The first-order chi connectivity index (χ1) is 9.88. The van der Waals surface area contributed by atoms with E-state index in [2.05, 4.69) is 26.6 Å². The Bertz CT molecular complexity index is 603. The van der Waals surface area contributed by atoms with Gasteiger partial charge in [-0.2, -0.15) is 0 Å². The highest BCUT2D eigenvalue weighted by molar-refractivity contribution is 9.10. The fourth-order valence-corrected chi connectivity index (χ4v) is 2.24. The van der Waals surface area contributed by atoms with E-state index in [4.69, 9.17) is 5.11 Å². The molecule has 112 valence electrons. The molecule has 0 bridgehead atoms. The lowest BCUT2D eigenvalue weighted by Crippen LogP contribution is -2.44. The van der Waals surface area contributed by atoms with Crippen LogP contribution in [0.4, 0.5) is 16.2 Å². The van der Waals surface area contributed by atoms with Crippen molar-refractivity contribution in [3.8, 4) is 0 Å². The number of nitro groups is 1. The van der Waals surface area contributed by atoms with E-state index < -0.39 is 23.0 Å². The van der Waals surface area contributed by atoms with Crippen molar-refractivity contribution in [3.63, 3.8) is 0 Å². The third kappa shape index (κ3) is 3.91. The van der Waals surface area contributed by atoms with Gasteiger partial charge < -0.3 is 15.7 Å². The first kappa shape index (κ1) is 15.2. The summed E-state index contributed by atoms with van der Waals surface area (Å²) in [5.74, 6) is -1.14. The molecule has 1 fully saturated rings. The van der Waals surface area contributed by atoms with Gasteiger partial charge >= 0.3 is 12.0 Å². The maximum Gasteiger partial charge on any atom is 0.326 e. The fraction of sp³-hybridized carbons (Fsp3) is 0.333. The summed E-state index contributed by atoms with van der Waals surface area (Å²) in [6.07, 6.45) is 1.53. The van der Waals surface area contributed by atoms with E-state index in [1.54, 1.807) is 0 Å². The number of amides is 2. The predicted octanol–water partition coefficient (Wildman–Crippen LogP) is 2.34. The number of nitrogens with zero attached hydrogens (tertiary/aromatic N) is 1. The Labute approximate surface area is 127 Å². The van der Waals surface area contributed by atoms with Crippen LogP contribution in [0.2, 0.25) is 0 Å². The molecular weight excluding hydrogens is 346 g/mol. The molecular formula is C12H12BrN3O5. The van der Waals surface area contributed by atoms with E-state index in [0.717, 1.165) is 12.8 Å². The maximum atomic E-state index is 11.8. The number of urea groups is 1. The van der Waals surface area contributed by atoms with Crippen LogP contribution in [0, 0.1) is 16.0 Å². The van der Waals surface area contributed by atoms with Crippen molar-refractivity contribution < 1.29 is 19.6 Å². The first-order valence-corrected chi connectivity index (χ1v) is 6.92. The van der Waals surface area contributed by atoms with Crippen LogP contribution >= 0.6 is 15.9 Å². The van der Waals surface area contributed by atoms with Gasteiger partial charge in [0.15, 0.2) is 0 Å². The van der Waals surface area contributed by atoms with Gasteiger partial charge in [0.2, 0.25) is 0 Å². The van der Waals surface area contributed by atoms with Gasteiger partial charge in [0.05, 0.1) is 9.40 Å². The molecule has 1 saturated carbocycles. The third-order valence-corrected chi connectivity index (χ3v) is 3.72. The maximum absolute atomic E-state index is 11.8. The SMILES string of the molecule is O=C(Nc1ccc(Br)c([N+](=O)[O-])c1)NC(C(=O)O)C1CC1. The number of nitrogens with one attached hydrogen (secondary N) is 2. The Hall–Kier alpha value is -2.16. The molecule has 1 aromatic rings. The van der Waals surface area contributed by atoms with Gasteiger partial charge in [-0.25, -0.2) is 9.59 Å². The minimum Gasteiger partial charge on any atom is -0.480 e. The molecule has 2 amide bonds. The van der Waals surface area contributed by atoms with E-state index in [1.165, 1.54) is 18.2 Å². The zero-order valence-corrected chi connectivity index (χ0v) is 12.3. The lowest BCUT2D eigenvalue weighted by atomic mass is 10.2. The minimum atomic E-state index is -1.09. The molecule has 21 heavy (non-hydrogen) atoms. The highest BCUT2D eigenvalue weighted by Gasteiger charge is 2.37. The highest BCUT2D eigenvalue weighted by Crippen LogP contribution is 2.33. The van der Waals surface area contributed by atoms with Crippen LogP contribution in [0.15, 0.2) is 22.7 Å². The molecule has 1 aliphatic carbocycles. The number of carbonyl (C=O) groups is 2. The van der Waals surface area contributed by atoms with Crippen molar-refractivity contribution in [1.29, 1.82) is 0 Å². The normalized spacial score (nSPS) is 15.1. The second kappa shape index (κ2) is 6.08. The number of anilines is 1. The molecule has 0 saturated heterocycles. The molecule has 1 atom stereocenters. The number of carboxylic acids is 1. The van der Waals surface area contributed by atoms with E-state index >= 15 is 0 Å². The molecule has 3 N–H and O–H groups in total. The monoisotopic (exact) mass is 357 g/mol. The molecule has 2 rings (SSSR count). The van der Waals surface area contributed by atoms with Gasteiger partial charge in [-0.15, -0.1) is 0 Å². The summed E-state index contributed by atoms with van der Waals surface area (Å²) in [6, 6.07) is 2.46. The van der Waals surface area contributed by atoms with Crippen LogP contribution in [0.3, 0.4) is 0 Å². The number of carboxylic acid groups (broad SMARTS) is 1. The van der Waals surface area contributed by atoms with Gasteiger partial charge in [0, 0.05) is 11.8 Å². The molecule has 0 spiro atoms. The number of rotatable bonds is 5. The minimum absolute atomic E-state index is 0.0486. The smallest absolute Gasteiger partial charge is 0.326 e. The van der Waals surface area contributed by atoms with E-state index in [9.17, 15) is 19.7 Å². The summed E-state index contributed by atoms with van der Waals surface area (Å²) in [7, 11) is 0. The Kier molecular flexibility index (Phi) is 4.41. The lowest BCUT2D eigenvalue weighted by Gasteiger charge is -2.14.